The van der Waals surface area contributed by atoms with E-state index in [1.165, 1.54) is 4.90 Å². The molecular formula is C23H29N4O3+. The van der Waals surface area contributed by atoms with Gasteiger partial charge in [0.2, 0.25) is 5.91 Å². The van der Waals surface area contributed by atoms with Crippen LogP contribution in [0.2, 0.25) is 0 Å². The molecule has 0 saturated carbocycles. The Morgan fingerprint density at radius 2 is 1.53 bits per heavy atom. The number of rotatable bonds is 6. The van der Waals surface area contributed by atoms with E-state index in [9.17, 15) is 14.4 Å². The Morgan fingerprint density at radius 3 is 2.13 bits per heavy atom. The average Bonchev–Trinajstić information content (AvgIpc) is 2.78. The summed E-state index contributed by atoms with van der Waals surface area (Å²) in [7, 11) is 3.50. The van der Waals surface area contributed by atoms with Gasteiger partial charge in [-0.1, -0.05) is 42.5 Å². The number of nitrogens with one attached hydrogen (secondary N) is 2. The van der Waals surface area contributed by atoms with Crippen LogP contribution in [0, 0.1) is 0 Å². The minimum absolute atomic E-state index is 0.0226. The van der Waals surface area contributed by atoms with Crippen LogP contribution in [0.1, 0.15) is 10.4 Å². The van der Waals surface area contributed by atoms with Crippen LogP contribution in [0.4, 0.5) is 0 Å². The molecule has 1 saturated heterocycles. The molecule has 7 nitrogen and oxygen atoms in total. The molecule has 0 spiro atoms. The van der Waals surface area contributed by atoms with E-state index in [4.69, 9.17) is 0 Å². The van der Waals surface area contributed by atoms with Gasteiger partial charge in [0.25, 0.3) is 11.8 Å². The Kier molecular flexibility index (Phi) is 7.19. The highest BCUT2D eigenvalue weighted by molar-refractivity contribution is 5.96. The van der Waals surface area contributed by atoms with Crippen LogP contribution in [0.15, 0.2) is 54.6 Å². The first-order chi connectivity index (χ1) is 14.4. The Balaban J connectivity index is 1.45. The van der Waals surface area contributed by atoms with Crippen molar-refractivity contribution in [3.8, 4) is 11.1 Å². The van der Waals surface area contributed by atoms with Crippen LogP contribution in [0.5, 0.6) is 0 Å². The number of piperazine rings is 1. The predicted octanol–water partition coefficient (Wildman–Crippen LogP) is -0.101. The van der Waals surface area contributed by atoms with Gasteiger partial charge in [-0.2, -0.15) is 0 Å². The lowest BCUT2D eigenvalue weighted by molar-refractivity contribution is -0.896. The maximum Gasteiger partial charge on any atom is 0.277 e. The first-order valence-corrected chi connectivity index (χ1v) is 10.2. The number of amides is 3. The lowest BCUT2D eigenvalue weighted by atomic mass is 10.0. The molecule has 0 bridgehead atoms. The van der Waals surface area contributed by atoms with Gasteiger partial charge < -0.3 is 20.0 Å². The molecule has 1 aliphatic heterocycles. The van der Waals surface area contributed by atoms with E-state index in [2.05, 4.69) is 5.32 Å². The first kappa shape index (κ1) is 21.5. The minimum atomic E-state index is -0.260. The van der Waals surface area contributed by atoms with E-state index in [1.807, 2.05) is 42.5 Å². The van der Waals surface area contributed by atoms with Gasteiger partial charge in [-0.15, -0.1) is 0 Å². The fourth-order valence-corrected chi connectivity index (χ4v) is 3.44. The normalized spacial score (nSPS) is 14.3. The fourth-order valence-electron chi connectivity index (χ4n) is 3.44. The van der Waals surface area contributed by atoms with Gasteiger partial charge in [-0.25, -0.2) is 0 Å². The van der Waals surface area contributed by atoms with Crippen molar-refractivity contribution in [3.05, 3.63) is 60.2 Å². The predicted molar refractivity (Wildman–Crippen MR) is 115 cm³/mol. The monoisotopic (exact) mass is 409 g/mol. The van der Waals surface area contributed by atoms with E-state index in [0.29, 0.717) is 25.2 Å². The van der Waals surface area contributed by atoms with Crippen molar-refractivity contribution in [2.45, 2.75) is 0 Å². The Bertz CT molecular complexity index is 873. The van der Waals surface area contributed by atoms with Crippen LogP contribution in [0.25, 0.3) is 11.1 Å². The molecule has 0 atom stereocenters. The smallest absolute Gasteiger partial charge is 0.277 e. The summed E-state index contributed by atoms with van der Waals surface area (Å²) in [6.07, 6.45) is 0. The molecule has 1 aliphatic rings. The van der Waals surface area contributed by atoms with Gasteiger partial charge in [0.15, 0.2) is 6.54 Å². The molecule has 1 heterocycles. The van der Waals surface area contributed by atoms with Crippen molar-refractivity contribution in [2.24, 2.45) is 0 Å². The van der Waals surface area contributed by atoms with Crippen molar-refractivity contribution in [1.29, 1.82) is 0 Å². The number of hydrogen-bond donors (Lipinski definition) is 2. The van der Waals surface area contributed by atoms with Crippen LogP contribution in [-0.2, 0) is 9.59 Å². The molecule has 158 valence electrons. The van der Waals surface area contributed by atoms with E-state index < -0.39 is 0 Å². The molecule has 1 fully saturated rings. The zero-order valence-electron chi connectivity index (χ0n) is 17.6. The SMILES string of the molecule is CN(C)C(=O)C[NH+]1CCN(C(=O)CNC(=O)c2ccc(-c3ccccc3)cc2)CC1. The lowest BCUT2D eigenvalue weighted by Crippen LogP contribution is -3.15. The molecule has 0 aromatic heterocycles. The quantitative estimate of drug-likeness (QED) is 0.700. The molecule has 0 unspecified atom stereocenters. The summed E-state index contributed by atoms with van der Waals surface area (Å²) in [5.74, 6) is -0.263. The Morgan fingerprint density at radius 1 is 0.933 bits per heavy atom. The van der Waals surface area contributed by atoms with E-state index >= 15 is 0 Å². The van der Waals surface area contributed by atoms with Crippen molar-refractivity contribution < 1.29 is 19.3 Å². The maximum atomic E-state index is 12.4. The van der Waals surface area contributed by atoms with Gasteiger partial charge in [0.1, 0.15) is 0 Å². The molecule has 0 aliphatic carbocycles. The third-order valence-electron chi connectivity index (χ3n) is 5.38. The minimum Gasteiger partial charge on any atom is -0.344 e. The molecule has 30 heavy (non-hydrogen) atoms. The number of nitrogens with zero attached hydrogens (tertiary/aromatic N) is 2. The highest BCUT2D eigenvalue weighted by Crippen LogP contribution is 2.19. The summed E-state index contributed by atoms with van der Waals surface area (Å²) >= 11 is 0. The van der Waals surface area contributed by atoms with Gasteiger partial charge in [-0.3, -0.25) is 14.4 Å². The van der Waals surface area contributed by atoms with Gasteiger partial charge in [0, 0.05) is 19.7 Å². The summed E-state index contributed by atoms with van der Waals surface area (Å²) in [5, 5.41) is 2.72. The standard InChI is InChI=1S/C23H28N4O3/c1-25(2)22(29)17-26-12-14-27(15-13-26)21(28)16-24-23(30)20-10-8-19(9-11-20)18-6-4-3-5-7-18/h3-11H,12-17H2,1-2H3,(H,24,30)/p+1. The summed E-state index contributed by atoms with van der Waals surface area (Å²) < 4.78 is 0. The Labute approximate surface area is 177 Å². The highest BCUT2D eigenvalue weighted by Gasteiger charge is 2.25. The number of likely N-dealkylation sites (N-methyl/N-ethyl adjacent to an activating group) is 1. The second kappa shape index (κ2) is 10.0. The van der Waals surface area contributed by atoms with Crippen molar-refractivity contribution in [2.75, 3.05) is 53.4 Å². The van der Waals surface area contributed by atoms with Crippen molar-refractivity contribution >= 4 is 17.7 Å². The Hall–Kier alpha value is -3.19. The summed E-state index contributed by atoms with van der Waals surface area (Å²) in [6, 6.07) is 17.3. The fraction of sp³-hybridized carbons (Fsp3) is 0.348. The summed E-state index contributed by atoms with van der Waals surface area (Å²) in [5.41, 5.74) is 2.66. The van der Waals surface area contributed by atoms with Crippen molar-refractivity contribution in [3.63, 3.8) is 0 Å². The highest BCUT2D eigenvalue weighted by atomic mass is 16.2. The topological polar surface area (TPSA) is 74.2 Å². The number of hydrogen-bond acceptors (Lipinski definition) is 3. The third-order valence-corrected chi connectivity index (χ3v) is 5.38. The number of carbonyl (C=O) groups is 3. The molecular weight excluding hydrogens is 380 g/mol. The summed E-state index contributed by atoms with van der Waals surface area (Å²) in [4.78, 5) is 41.2. The molecule has 3 rings (SSSR count). The van der Waals surface area contributed by atoms with Crippen LogP contribution < -0.4 is 10.2 Å². The second-order valence-electron chi connectivity index (χ2n) is 7.72. The van der Waals surface area contributed by atoms with Crippen LogP contribution >= 0.6 is 0 Å². The van der Waals surface area contributed by atoms with Gasteiger partial charge >= 0.3 is 0 Å². The molecule has 2 N–H and O–H groups in total. The van der Waals surface area contributed by atoms with Gasteiger partial charge in [-0.05, 0) is 23.3 Å². The lowest BCUT2D eigenvalue weighted by Gasteiger charge is -2.32. The zero-order valence-corrected chi connectivity index (χ0v) is 17.6. The number of benzene rings is 2. The molecule has 3 amide bonds. The number of carbonyl (C=O) groups excluding carboxylic acids is 3. The molecule has 0 radical (unpaired) electrons. The van der Waals surface area contributed by atoms with E-state index in [-0.39, 0.29) is 24.3 Å². The molecule has 7 heteroatoms. The first-order valence-electron chi connectivity index (χ1n) is 10.2. The third kappa shape index (κ3) is 5.67. The van der Waals surface area contributed by atoms with E-state index in [0.717, 1.165) is 24.2 Å². The second-order valence-corrected chi connectivity index (χ2v) is 7.72. The van der Waals surface area contributed by atoms with E-state index in [1.54, 1.807) is 36.0 Å². The van der Waals surface area contributed by atoms with Gasteiger partial charge in [0.05, 0.1) is 32.7 Å². The number of quaternary nitrogens is 1. The van der Waals surface area contributed by atoms with Crippen LogP contribution in [0.3, 0.4) is 0 Å². The average molecular weight is 410 g/mol. The zero-order chi connectivity index (χ0) is 21.5. The molecule has 2 aromatic carbocycles. The largest absolute Gasteiger partial charge is 0.344 e. The summed E-state index contributed by atoms with van der Waals surface area (Å²) in [6.45, 7) is 3.09. The van der Waals surface area contributed by atoms with Crippen LogP contribution in [-0.4, -0.2) is 80.9 Å². The maximum absolute atomic E-state index is 12.4. The molecule has 2 aromatic rings. The van der Waals surface area contributed by atoms with Crippen molar-refractivity contribution in [1.82, 2.24) is 15.1 Å².